The molecule has 1 aliphatic heterocycles. The number of anilines is 1. The zero-order valence-corrected chi connectivity index (χ0v) is 18.8. The zero-order chi connectivity index (χ0) is 21.0. The maximum absolute atomic E-state index is 12.7. The molecule has 0 spiro atoms. The van der Waals surface area contributed by atoms with Crippen LogP contribution in [0, 0.1) is 0 Å². The van der Waals surface area contributed by atoms with Gasteiger partial charge < -0.3 is 14.6 Å². The summed E-state index contributed by atoms with van der Waals surface area (Å²) in [6.07, 6.45) is 1.37. The average Bonchev–Trinajstić information content (AvgIpc) is 2.94. The Bertz CT molecular complexity index is 855. The molecule has 1 aliphatic rings. The van der Waals surface area contributed by atoms with Gasteiger partial charge in [-0.3, -0.25) is 14.5 Å². The molecule has 0 unspecified atom stereocenters. The van der Waals surface area contributed by atoms with E-state index in [2.05, 4.69) is 46.9 Å². The van der Waals surface area contributed by atoms with Gasteiger partial charge >= 0.3 is 0 Å². The van der Waals surface area contributed by atoms with Gasteiger partial charge in [0, 0.05) is 37.4 Å². The van der Waals surface area contributed by atoms with E-state index in [0.717, 1.165) is 38.2 Å². The Balaban J connectivity index is 1.54. The Morgan fingerprint density at radius 2 is 1.76 bits per heavy atom. The van der Waals surface area contributed by atoms with Gasteiger partial charge in [0.2, 0.25) is 5.91 Å². The van der Waals surface area contributed by atoms with E-state index in [1.807, 2.05) is 29.2 Å². The Hall–Kier alpha value is -2.12. The molecule has 7 heteroatoms. The maximum Gasteiger partial charge on any atom is 0.291 e. The summed E-state index contributed by atoms with van der Waals surface area (Å²) in [6, 6.07) is 10.7. The molecule has 2 heterocycles. The summed E-state index contributed by atoms with van der Waals surface area (Å²) in [4.78, 5) is 29.3. The lowest BCUT2D eigenvalue weighted by Crippen LogP contribution is -2.44. The van der Waals surface area contributed by atoms with Crippen molar-refractivity contribution in [2.45, 2.75) is 39.2 Å². The van der Waals surface area contributed by atoms with E-state index in [1.165, 1.54) is 0 Å². The molecule has 6 nitrogen and oxygen atoms in total. The number of furan rings is 1. The molecule has 0 saturated carbocycles. The first-order valence-corrected chi connectivity index (χ1v) is 10.7. The fourth-order valence-corrected chi connectivity index (χ4v) is 3.77. The quantitative estimate of drug-likeness (QED) is 0.741. The molecular weight excluding hydrogens is 434 g/mol. The van der Waals surface area contributed by atoms with Crippen LogP contribution in [0.4, 0.5) is 5.69 Å². The number of carbonyl (C=O) groups is 2. The van der Waals surface area contributed by atoms with Crippen LogP contribution in [0.5, 0.6) is 0 Å². The van der Waals surface area contributed by atoms with E-state index < -0.39 is 0 Å². The van der Waals surface area contributed by atoms with Crippen LogP contribution in [-0.4, -0.2) is 53.3 Å². The van der Waals surface area contributed by atoms with E-state index in [9.17, 15) is 9.59 Å². The van der Waals surface area contributed by atoms with Gasteiger partial charge in [-0.25, -0.2) is 0 Å². The summed E-state index contributed by atoms with van der Waals surface area (Å²) in [7, 11) is 0. The third kappa shape index (κ3) is 5.93. The number of carbonyl (C=O) groups excluding carboxylic acids is 2. The lowest BCUT2D eigenvalue weighted by molar-refractivity contribution is -0.130. The molecule has 1 N–H and O–H groups in total. The molecule has 1 fully saturated rings. The van der Waals surface area contributed by atoms with Gasteiger partial charge in [-0.05, 0) is 73.0 Å². The summed E-state index contributed by atoms with van der Waals surface area (Å²) in [5.74, 6) is 0.0760. The minimum Gasteiger partial charge on any atom is -0.444 e. The lowest BCUT2D eigenvalue weighted by Gasteiger charge is -2.34. The van der Waals surface area contributed by atoms with Crippen LogP contribution < -0.4 is 5.32 Å². The van der Waals surface area contributed by atoms with Gasteiger partial charge in [0.25, 0.3) is 5.91 Å². The molecule has 0 radical (unpaired) electrons. The summed E-state index contributed by atoms with van der Waals surface area (Å²) < 4.78 is 5.76. The average molecular weight is 462 g/mol. The number of amides is 2. The van der Waals surface area contributed by atoms with Gasteiger partial charge in [-0.2, -0.15) is 0 Å². The van der Waals surface area contributed by atoms with Crippen LogP contribution >= 0.6 is 15.9 Å². The van der Waals surface area contributed by atoms with Crippen molar-refractivity contribution in [3.05, 3.63) is 52.4 Å². The maximum atomic E-state index is 12.7. The minimum atomic E-state index is -0.313. The fourth-order valence-electron chi connectivity index (χ4n) is 3.46. The van der Waals surface area contributed by atoms with Crippen molar-refractivity contribution in [1.82, 2.24) is 9.80 Å². The van der Waals surface area contributed by atoms with Crippen molar-refractivity contribution in [2.24, 2.45) is 0 Å². The van der Waals surface area contributed by atoms with Gasteiger partial charge in [0.05, 0.1) is 6.42 Å². The van der Waals surface area contributed by atoms with Crippen molar-refractivity contribution < 1.29 is 14.0 Å². The van der Waals surface area contributed by atoms with Crippen molar-refractivity contribution in [3.8, 4) is 0 Å². The number of benzene rings is 1. The highest BCUT2D eigenvalue weighted by Crippen LogP contribution is 2.18. The number of nitrogens with one attached hydrogen (secondary N) is 1. The number of hydrogen-bond acceptors (Lipinski definition) is 4. The second kappa shape index (κ2) is 9.13. The molecule has 0 bridgehead atoms. The predicted molar refractivity (Wildman–Crippen MR) is 117 cm³/mol. The first kappa shape index (κ1) is 21.6. The fraction of sp³-hybridized carbons (Fsp3) is 0.455. The molecule has 29 heavy (non-hydrogen) atoms. The van der Waals surface area contributed by atoms with Crippen molar-refractivity contribution in [1.29, 1.82) is 0 Å². The van der Waals surface area contributed by atoms with Crippen LogP contribution in [0.3, 0.4) is 0 Å². The standard InChI is InChI=1S/C22H28BrN3O3/c1-22(2,3)26-12-4-11-25(13-14-26)20(27)15-16-5-7-17(8-6-16)24-21(28)18-9-10-19(23)29-18/h5-10H,4,11-15H2,1-3H3,(H,24,28). The molecule has 0 atom stereocenters. The predicted octanol–water partition coefficient (Wildman–Crippen LogP) is 4.17. The van der Waals surface area contributed by atoms with Crippen molar-refractivity contribution in [3.63, 3.8) is 0 Å². The minimum absolute atomic E-state index is 0.130. The molecule has 1 aromatic carbocycles. The molecule has 3 rings (SSSR count). The topological polar surface area (TPSA) is 65.8 Å². The van der Waals surface area contributed by atoms with Crippen LogP contribution in [0.1, 0.15) is 43.3 Å². The molecule has 2 amide bonds. The molecule has 156 valence electrons. The monoisotopic (exact) mass is 461 g/mol. The molecule has 1 saturated heterocycles. The molecule has 1 aromatic heterocycles. The number of halogens is 1. The van der Waals surface area contributed by atoms with Gasteiger partial charge in [0.15, 0.2) is 10.4 Å². The summed E-state index contributed by atoms with van der Waals surface area (Å²) in [5.41, 5.74) is 1.73. The third-order valence-electron chi connectivity index (χ3n) is 5.16. The van der Waals surface area contributed by atoms with Crippen LogP contribution in [-0.2, 0) is 11.2 Å². The van der Waals surface area contributed by atoms with Gasteiger partial charge in [0.1, 0.15) is 0 Å². The van der Waals surface area contributed by atoms with E-state index in [4.69, 9.17) is 4.42 Å². The molecule has 0 aliphatic carbocycles. The third-order valence-corrected chi connectivity index (χ3v) is 5.59. The highest BCUT2D eigenvalue weighted by molar-refractivity contribution is 9.10. The van der Waals surface area contributed by atoms with E-state index in [1.54, 1.807) is 12.1 Å². The highest BCUT2D eigenvalue weighted by atomic mass is 79.9. The first-order chi connectivity index (χ1) is 13.7. The van der Waals surface area contributed by atoms with Crippen LogP contribution in [0.15, 0.2) is 45.5 Å². The smallest absolute Gasteiger partial charge is 0.291 e. The summed E-state index contributed by atoms with van der Waals surface area (Å²) >= 11 is 3.18. The van der Waals surface area contributed by atoms with E-state index in [0.29, 0.717) is 16.8 Å². The normalized spacial score (nSPS) is 15.8. The Morgan fingerprint density at radius 3 is 2.38 bits per heavy atom. The summed E-state index contributed by atoms with van der Waals surface area (Å²) in [5, 5.41) is 2.79. The number of rotatable bonds is 4. The van der Waals surface area contributed by atoms with Crippen molar-refractivity contribution in [2.75, 3.05) is 31.5 Å². The lowest BCUT2D eigenvalue weighted by atomic mass is 10.1. The molecular formula is C22H28BrN3O3. The SMILES string of the molecule is CC(C)(C)N1CCCN(C(=O)Cc2ccc(NC(=O)c3ccc(Br)o3)cc2)CC1. The van der Waals surface area contributed by atoms with E-state index >= 15 is 0 Å². The summed E-state index contributed by atoms with van der Waals surface area (Å²) in [6.45, 7) is 10.2. The second-order valence-corrected chi connectivity index (χ2v) is 9.11. The largest absolute Gasteiger partial charge is 0.444 e. The number of hydrogen-bond donors (Lipinski definition) is 1. The Kier molecular flexibility index (Phi) is 6.80. The van der Waals surface area contributed by atoms with E-state index in [-0.39, 0.29) is 23.1 Å². The zero-order valence-electron chi connectivity index (χ0n) is 17.2. The Labute approximate surface area is 180 Å². The van der Waals surface area contributed by atoms with Gasteiger partial charge in [-0.1, -0.05) is 12.1 Å². The van der Waals surface area contributed by atoms with Crippen LogP contribution in [0.2, 0.25) is 0 Å². The second-order valence-electron chi connectivity index (χ2n) is 8.32. The number of nitrogens with zero attached hydrogens (tertiary/aromatic N) is 2. The van der Waals surface area contributed by atoms with Crippen LogP contribution in [0.25, 0.3) is 0 Å². The first-order valence-electron chi connectivity index (χ1n) is 9.91. The Morgan fingerprint density at radius 1 is 1.03 bits per heavy atom. The highest BCUT2D eigenvalue weighted by Gasteiger charge is 2.25. The van der Waals surface area contributed by atoms with Crippen molar-refractivity contribution >= 4 is 33.4 Å². The van der Waals surface area contributed by atoms with Gasteiger partial charge in [-0.15, -0.1) is 0 Å². The molecule has 2 aromatic rings.